The van der Waals surface area contributed by atoms with Crippen molar-refractivity contribution < 1.29 is 15.0 Å². The molecular formula is C14H17NO3. The Labute approximate surface area is 105 Å². The van der Waals surface area contributed by atoms with Crippen LogP contribution in [-0.2, 0) is 13.0 Å². The number of aliphatic hydroxyl groups excluding tert-OH is 1. The van der Waals surface area contributed by atoms with Crippen LogP contribution in [0.15, 0.2) is 24.4 Å². The fraction of sp³-hybridized carbons (Fsp3) is 0.357. The smallest absolute Gasteiger partial charge is 0.337 e. The van der Waals surface area contributed by atoms with Gasteiger partial charge in [-0.05, 0) is 18.1 Å². The van der Waals surface area contributed by atoms with Crippen LogP contribution in [0.1, 0.15) is 29.3 Å². The molecule has 0 bridgehead atoms. The number of hydrogen-bond donors (Lipinski definition) is 2. The van der Waals surface area contributed by atoms with Gasteiger partial charge in [-0.2, -0.15) is 0 Å². The number of hydrogen-bond acceptors (Lipinski definition) is 2. The van der Waals surface area contributed by atoms with E-state index in [2.05, 4.69) is 6.92 Å². The van der Waals surface area contributed by atoms with Crippen LogP contribution in [0.4, 0.5) is 0 Å². The molecule has 96 valence electrons. The number of carbonyl (C=O) groups is 1. The van der Waals surface area contributed by atoms with E-state index in [1.54, 1.807) is 12.1 Å². The second-order valence-corrected chi connectivity index (χ2v) is 4.33. The lowest BCUT2D eigenvalue weighted by atomic mass is 10.1. The van der Waals surface area contributed by atoms with Gasteiger partial charge in [0.25, 0.3) is 0 Å². The van der Waals surface area contributed by atoms with Crippen molar-refractivity contribution in [3.05, 3.63) is 35.5 Å². The average molecular weight is 247 g/mol. The summed E-state index contributed by atoms with van der Waals surface area (Å²) in [7, 11) is 0. The number of aliphatic hydroxyl groups is 1. The van der Waals surface area contributed by atoms with Gasteiger partial charge in [-0.25, -0.2) is 4.79 Å². The third kappa shape index (κ3) is 2.11. The standard InChI is InChI=1S/C14H17NO3/c1-2-4-10-9-15(7-8-16)13-11(10)5-3-6-12(13)14(17)18/h3,5-6,9,16H,2,4,7-8H2,1H3,(H,17,18). The summed E-state index contributed by atoms with van der Waals surface area (Å²) >= 11 is 0. The summed E-state index contributed by atoms with van der Waals surface area (Å²) < 4.78 is 1.84. The molecule has 18 heavy (non-hydrogen) atoms. The van der Waals surface area contributed by atoms with Crippen LogP contribution in [0, 0.1) is 0 Å². The van der Waals surface area contributed by atoms with Gasteiger partial charge in [0, 0.05) is 18.1 Å². The van der Waals surface area contributed by atoms with Crippen LogP contribution in [0.25, 0.3) is 10.9 Å². The minimum atomic E-state index is -0.930. The summed E-state index contributed by atoms with van der Waals surface area (Å²) in [5.41, 5.74) is 2.15. The van der Waals surface area contributed by atoms with Gasteiger partial charge in [0.1, 0.15) is 0 Å². The molecule has 0 fully saturated rings. The largest absolute Gasteiger partial charge is 0.478 e. The molecule has 1 aromatic heterocycles. The molecular weight excluding hydrogens is 230 g/mol. The highest BCUT2D eigenvalue weighted by Crippen LogP contribution is 2.26. The number of benzene rings is 1. The first-order valence-electron chi connectivity index (χ1n) is 6.14. The van der Waals surface area contributed by atoms with Crippen molar-refractivity contribution in [2.24, 2.45) is 0 Å². The minimum absolute atomic E-state index is 0.00327. The van der Waals surface area contributed by atoms with Gasteiger partial charge in [0.15, 0.2) is 0 Å². The lowest BCUT2D eigenvalue weighted by molar-refractivity contribution is 0.0698. The van der Waals surface area contributed by atoms with E-state index >= 15 is 0 Å². The fourth-order valence-corrected chi connectivity index (χ4v) is 2.36. The molecule has 4 heteroatoms. The van der Waals surface area contributed by atoms with Crippen molar-refractivity contribution in [3.8, 4) is 0 Å². The first-order chi connectivity index (χ1) is 8.69. The second kappa shape index (κ2) is 5.23. The van der Waals surface area contributed by atoms with E-state index in [4.69, 9.17) is 5.11 Å². The summed E-state index contributed by atoms with van der Waals surface area (Å²) in [5, 5.41) is 19.3. The minimum Gasteiger partial charge on any atom is -0.478 e. The highest BCUT2D eigenvalue weighted by atomic mass is 16.4. The average Bonchev–Trinajstić information content (AvgIpc) is 2.69. The Hall–Kier alpha value is -1.81. The Morgan fingerprint density at radius 1 is 1.39 bits per heavy atom. The zero-order valence-corrected chi connectivity index (χ0v) is 10.4. The Balaban J connectivity index is 2.70. The van der Waals surface area contributed by atoms with Crippen LogP contribution in [-0.4, -0.2) is 27.4 Å². The van der Waals surface area contributed by atoms with Crippen molar-refractivity contribution >= 4 is 16.9 Å². The zero-order chi connectivity index (χ0) is 13.1. The van der Waals surface area contributed by atoms with Crippen molar-refractivity contribution in [3.63, 3.8) is 0 Å². The third-order valence-electron chi connectivity index (χ3n) is 3.07. The number of rotatable bonds is 5. The van der Waals surface area contributed by atoms with E-state index in [-0.39, 0.29) is 6.61 Å². The molecule has 0 amide bonds. The van der Waals surface area contributed by atoms with Crippen LogP contribution >= 0.6 is 0 Å². The first-order valence-corrected chi connectivity index (χ1v) is 6.14. The summed E-state index contributed by atoms with van der Waals surface area (Å²) in [6.07, 6.45) is 3.88. The predicted octanol–water partition coefficient (Wildman–Crippen LogP) is 2.28. The molecule has 0 saturated heterocycles. The Bertz CT molecular complexity index is 572. The fourth-order valence-electron chi connectivity index (χ4n) is 2.36. The first kappa shape index (κ1) is 12.6. The molecule has 0 aliphatic carbocycles. The van der Waals surface area contributed by atoms with E-state index in [1.807, 2.05) is 16.8 Å². The number of nitrogens with zero attached hydrogens (tertiary/aromatic N) is 1. The third-order valence-corrected chi connectivity index (χ3v) is 3.07. The molecule has 0 unspecified atom stereocenters. The van der Waals surface area contributed by atoms with Crippen molar-refractivity contribution in [1.29, 1.82) is 0 Å². The van der Waals surface area contributed by atoms with E-state index in [0.717, 1.165) is 23.8 Å². The maximum Gasteiger partial charge on any atom is 0.337 e. The molecule has 1 heterocycles. The molecule has 4 nitrogen and oxygen atoms in total. The van der Waals surface area contributed by atoms with Gasteiger partial charge < -0.3 is 14.8 Å². The van der Waals surface area contributed by atoms with E-state index in [9.17, 15) is 9.90 Å². The molecule has 0 aliphatic heterocycles. The molecule has 0 aliphatic rings. The quantitative estimate of drug-likeness (QED) is 0.852. The zero-order valence-electron chi connectivity index (χ0n) is 10.4. The SMILES string of the molecule is CCCc1cn(CCO)c2c(C(=O)O)cccc12. The summed E-state index contributed by atoms with van der Waals surface area (Å²) in [5.74, 6) is -0.930. The summed E-state index contributed by atoms with van der Waals surface area (Å²) in [4.78, 5) is 11.3. The van der Waals surface area contributed by atoms with E-state index in [1.165, 1.54) is 0 Å². The maximum absolute atomic E-state index is 11.3. The van der Waals surface area contributed by atoms with Crippen LogP contribution < -0.4 is 0 Å². The van der Waals surface area contributed by atoms with Gasteiger partial charge >= 0.3 is 5.97 Å². The number of carboxylic acid groups (broad SMARTS) is 1. The van der Waals surface area contributed by atoms with Gasteiger partial charge in [0.2, 0.25) is 0 Å². The second-order valence-electron chi connectivity index (χ2n) is 4.33. The number of aromatic nitrogens is 1. The number of aryl methyl sites for hydroxylation is 1. The Kier molecular flexibility index (Phi) is 3.67. The molecule has 0 radical (unpaired) electrons. The summed E-state index contributed by atoms with van der Waals surface area (Å²) in [6.45, 7) is 2.52. The Morgan fingerprint density at radius 3 is 2.78 bits per heavy atom. The molecule has 2 rings (SSSR count). The molecule has 0 atom stereocenters. The molecule has 1 aromatic carbocycles. The topological polar surface area (TPSA) is 62.5 Å². The molecule has 0 saturated carbocycles. The molecule has 2 aromatic rings. The lowest BCUT2D eigenvalue weighted by Gasteiger charge is -2.05. The normalized spacial score (nSPS) is 11.0. The van der Waals surface area contributed by atoms with Gasteiger partial charge in [-0.1, -0.05) is 25.5 Å². The number of para-hydroxylation sites is 1. The number of aromatic carboxylic acids is 1. The molecule has 0 spiro atoms. The lowest BCUT2D eigenvalue weighted by Crippen LogP contribution is -2.05. The number of fused-ring (bicyclic) bond motifs is 1. The predicted molar refractivity (Wildman–Crippen MR) is 70.0 cm³/mol. The van der Waals surface area contributed by atoms with Gasteiger partial charge in [0.05, 0.1) is 17.7 Å². The van der Waals surface area contributed by atoms with E-state index in [0.29, 0.717) is 17.6 Å². The van der Waals surface area contributed by atoms with Crippen LogP contribution in [0.3, 0.4) is 0 Å². The van der Waals surface area contributed by atoms with Crippen molar-refractivity contribution in [2.45, 2.75) is 26.3 Å². The Morgan fingerprint density at radius 2 is 2.17 bits per heavy atom. The summed E-state index contributed by atoms with van der Waals surface area (Å²) in [6, 6.07) is 5.32. The monoisotopic (exact) mass is 247 g/mol. The van der Waals surface area contributed by atoms with Crippen LogP contribution in [0.5, 0.6) is 0 Å². The highest BCUT2D eigenvalue weighted by Gasteiger charge is 2.15. The van der Waals surface area contributed by atoms with Gasteiger partial charge in [-0.15, -0.1) is 0 Å². The maximum atomic E-state index is 11.3. The van der Waals surface area contributed by atoms with Crippen molar-refractivity contribution in [2.75, 3.05) is 6.61 Å². The van der Waals surface area contributed by atoms with Crippen molar-refractivity contribution in [1.82, 2.24) is 4.57 Å². The molecule has 2 N–H and O–H groups in total. The van der Waals surface area contributed by atoms with Gasteiger partial charge in [-0.3, -0.25) is 0 Å². The highest BCUT2D eigenvalue weighted by molar-refractivity contribution is 6.03. The van der Waals surface area contributed by atoms with Crippen LogP contribution in [0.2, 0.25) is 0 Å². The number of carboxylic acids is 1. The van der Waals surface area contributed by atoms with E-state index < -0.39 is 5.97 Å².